The lowest BCUT2D eigenvalue weighted by Gasteiger charge is -2.05. The standard InChI is InChI=1S/C8H6BrClO3/c9-6-2-1-5(10)3-7(6)13-4-8(11)12/h1-3H,4H2,(H,11,12). The van der Waals surface area contributed by atoms with Crippen LogP contribution in [0.15, 0.2) is 22.7 Å². The molecule has 0 amide bonds. The average Bonchev–Trinajstić information content (AvgIpc) is 2.06. The van der Waals surface area contributed by atoms with E-state index in [2.05, 4.69) is 15.9 Å². The summed E-state index contributed by atoms with van der Waals surface area (Å²) in [6.45, 7) is -0.376. The Labute approximate surface area is 88.4 Å². The summed E-state index contributed by atoms with van der Waals surface area (Å²) in [5, 5.41) is 8.87. The molecule has 0 aliphatic heterocycles. The van der Waals surface area contributed by atoms with Crippen LogP contribution in [-0.4, -0.2) is 17.7 Å². The van der Waals surface area contributed by atoms with Gasteiger partial charge in [-0.25, -0.2) is 4.79 Å². The topological polar surface area (TPSA) is 46.5 Å². The first-order valence-corrected chi connectivity index (χ1v) is 4.56. The van der Waals surface area contributed by atoms with E-state index in [-0.39, 0.29) is 6.61 Å². The normalized spacial score (nSPS) is 9.69. The number of hydrogen-bond acceptors (Lipinski definition) is 2. The number of aliphatic carboxylic acids is 1. The number of rotatable bonds is 3. The van der Waals surface area contributed by atoms with E-state index in [9.17, 15) is 4.79 Å². The zero-order valence-electron chi connectivity index (χ0n) is 6.46. The molecular formula is C8H6BrClO3. The monoisotopic (exact) mass is 264 g/mol. The molecule has 0 fully saturated rings. The molecule has 1 aromatic rings. The van der Waals surface area contributed by atoms with E-state index >= 15 is 0 Å². The van der Waals surface area contributed by atoms with Crippen LogP contribution < -0.4 is 4.74 Å². The van der Waals surface area contributed by atoms with Gasteiger partial charge in [0, 0.05) is 5.02 Å². The van der Waals surface area contributed by atoms with E-state index in [1.807, 2.05) is 0 Å². The summed E-state index contributed by atoms with van der Waals surface area (Å²) in [7, 11) is 0. The Morgan fingerprint density at radius 2 is 2.31 bits per heavy atom. The minimum absolute atomic E-state index is 0.376. The van der Waals surface area contributed by atoms with Crippen LogP contribution >= 0.6 is 27.5 Å². The number of carboxylic acid groups (broad SMARTS) is 1. The summed E-state index contributed by atoms with van der Waals surface area (Å²) < 4.78 is 5.63. The molecule has 0 bridgehead atoms. The van der Waals surface area contributed by atoms with E-state index in [0.29, 0.717) is 15.2 Å². The summed E-state index contributed by atoms with van der Waals surface area (Å²) in [5.74, 6) is -0.596. The van der Waals surface area contributed by atoms with Crippen LogP contribution in [0.2, 0.25) is 5.02 Å². The maximum Gasteiger partial charge on any atom is 0.341 e. The van der Waals surface area contributed by atoms with Crippen molar-refractivity contribution in [2.24, 2.45) is 0 Å². The van der Waals surface area contributed by atoms with Crippen LogP contribution in [0.4, 0.5) is 0 Å². The summed E-state index contributed by atoms with van der Waals surface area (Å²) in [4.78, 5) is 10.2. The molecule has 1 aromatic carbocycles. The van der Waals surface area contributed by atoms with E-state index in [1.54, 1.807) is 18.2 Å². The molecule has 0 saturated heterocycles. The Kier molecular flexibility index (Phi) is 3.57. The molecule has 0 atom stereocenters. The van der Waals surface area contributed by atoms with Gasteiger partial charge in [0.25, 0.3) is 0 Å². The van der Waals surface area contributed by atoms with Gasteiger partial charge >= 0.3 is 5.97 Å². The Hall–Kier alpha value is -0.740. The highest BCUT2D eigenvalue weighted by atomic mass is 79.9. The molecule has 5 heteroatoms. The maximum absolute atomic E-state index is 10.2. The Balaban J connectivity index is 2.75. The van der Waals surface area contributed by atoms with Crippen LogP contribution in [0.3, 0.4) is 0 Å². The Morgan fingerprint density at radius 3 is 2.92 bits per heavy atom. The summed E-state index contributed by atoms with van der Waals surface area (Å²) in [6.07, 6.45) is 0. The minimum atomic E-state index is -1.02. The molecule has 0 aliphatic rings. The van der Waals surface area contributed by atoms with Crippen LogP contribution in [-0.2, 0) is 4.79 Å². The molecule has 0 radical (unpaired) electrons. The van der Waals surface area contributed by atoms with Gasteiger partial charge in [0.2, 0.25) is 0 Å². The van der Waals surface area contributed by atoms with E-state index < -0.39 is 5.97 Å². The fourth-order valence-corrected chi connectivity index (χ4v) is 1.25. The predicted molar refractivity (Wildman–Crippen MR) is 52.3 cm³/mol. The molecule has 1 N–H and O–H groups in total. The largest absolute Gasteiger partial charge is 0.481 e. The first-order valence-electron chi connectivity index (χ1n) is 3.39. The number of hydrogen-bond donors (Lipinski definition) is 1. The Morgan fingerprint density at radius 1 is 1.62 bits per heavy atom. The minimum Gasteiger partial charge on any atom is -0.481 e. The SMILES string of the molecule is O=C(O)COc1cc(Cl)ccc1Br. The molecule has 13 heavy (non-hydrogen) atoms. The van der Waals surface area contributed by atoms with Crippen molar-refractivity contribution in [3.05, 3.63) is 27.7 Å². The lowest BCUT2D eigenvalue weighted by atomic mass is 10.3. The zero-order valence-corrected chi connectivity index (χ0v) is 8.80. The average molecular weight is 265 g/mol. The van der Waals surface area contributed by atoms with Crippen molar-refractivity contribution < 1.29 is 14.6 Å². The Bertz CT molecular complexity index is 327. The first-order chi connectivity index (χ1) is 6.09. The van der Waals surface area contributed by atoms with E-state index in [1.165, 1.54) is 0 Å². The van der Waals surface area contributed by atoms with Crippen molar-refractivity contribution in [3.8, 4) is 5.75 Å². The predicted octanol–water partition coefficient (Wildman–Crippen LogP) is 2.57. The number of carboxylic acids is 1. The van der Waals surface area contributed by atoms with Gasteiger partial charge in [0.05, 0.1) is 4.47 Å². The fourth-order valence-electron chi connectivity index (χ4n) is 0.727. The van der Waals surface area contributed by atoms with Gasteiger partial charge < -0.3 is 9.84 Å². The number of carbonyl (C=O) groups is 1. The second-order valence-corrected chi connectivity index (χ2v) is 3.55. The van der Waals surface area contributed by atoms with Crippen molar-refractivity contribution >= 4 is 33.5 Å². The molecule has 0 unspecified atom stereocenters. The van der Waals surface area contributed by atoms with Crippen molar-refractivity contribution in [1.82, 2.24) is 0 Å². The lowest BCUT2D eigenvalue weighted by molar-refractivity contribution is -0.139. The van der Waals surface area contributed by atoms with Crippen molar-refractivity contribution in [2.75, 3.05) is 6.61 Å². The quantitative estimate of drug-likeness (QED) is 0.913. The highest BCUT2D eigenvalue weighted by Gasteiger charge is 2.04. The maximum atomic E-state index is 10.2. The van der Waals surface area contributed by atoms with Crippen LogP contribution in [0.5, 0.6) is 5.75 Å². The highest BCUT2D eigenvalue weighted by Crippen LogP contribution is 2.27. The third-order valence-corrected chi connectivity index (χ3v) is 2.13. The van der Waals surface area contributed by atoms with Crippen LogP contribution in [0, 0.1) is 0 Å². The second kappa shape index (κ2) is 4.48. The highest BCUT2D eigenvalue weighted by molar-refractivity contribution is 9.10. The molecule has 3 nitrogen and oxygen atoms in total. The zero-order chi connectivity index (χ0) is 9.84. The van der Waals surface area contributed by atoms with Gasteiger partial charge in [-0.1, -0.05) is 11.6 Å². The van der Waals surface area contributed by atoms with Crippen molar-refractivity contribution in [3.63, 3.8) is 0 Å². The summed E-state index contributed by atoms with van der Waals surface area (Å²) in [6, 6.07) is 4.92. The van der Waals surface area contributed by atoms with Gasteiger partial charge in [-0.15, -0.1) is 0 Å². The van der Waals surface area contributed by atoms with Gasteiger partial charge in [0.15, 0.2) is 6.61 Å². The molecule has 0 spiro atoms. The summed E-state index contributed by atoms with van der Waals surface area (Å²) >= 11 is 8.89. The molecule has 0 aliphatic carbocycles. The third kappa shape index (κ3) is 3.24. The smallest absolute Gasteiger partial charge is 0.341 e. The number of benzene rings is 1. The van der Waals surface area contributed by atoms with Crippen molar-refractivity contribution in [2.45, 2.75) is 0 Å². The van der Waals surface area contributed by atoms with Gasteiger partial charge in [0.1, 0.15) is 5.75 Å². The molecule has 1 rings (SSSR count). The molecule has 70 valence electrons. The molecule has 0 heterocycles. The fraction of sp³-hybridized carbons (Fsp3) is 0.125. The van der Waals surface area contributed by atoms with Gasteiger partial charge in [-0.2, -0.15) is 0 Å². The van der Waals surface area contributed by atoms with Gasteiger partial charge in [-0.3, -0.25) is 0 Å². The molecular weight excluding hydrogens is 259 g/mol. The number of halogens is 2. The van der Waals surface area contributed by atoms with Crippen molar-refractivity contribution in [1.29, 1.82) is 0 Å². The lowest BCUT2D eigenvalue weighted by Crippen LogP contribution is -2.09. The summed E-state index contributed by atoms with van der Waals surface area (Å²) in [5.41, 5.74) is 0. The van der Waals surface area contributed by atoms with Crippen LogP contribution in [0.1, 0.15) is 0 Å². The number of ether oxygens (including phenoxy) is 1. The van der Waals surface area contributed by atoms with E-state index in [0.717, 1.165) is 0 Å². The van der Waals surface area contributed by atoms with E-state index in [4.69, 9.17) is 21.4 Å². The van der Waals surface area contributed by atoms with Gasteiger partial charge in [-0.05, 0) is 34.1 Å². The second-order valence-electron chi connectivity index (χ2n) is 2.26. The molecule has 0 aromatic heterocycles. The third-order valence-electron chi connectivity index (χ3n) is 1.24. The first kappa shape index (κ1) is 10.3. The van der Waals surface area contributed by atoms with Crippen LogP contribution in [0.25, 0.3) is 0 Å². The molecule has 0 saturated carbocycles.